The Labute approximate surface area is 147 Å². The molecule has 0 aliphatic rings. The zero-order valence-electron chi connectivity index (χ0n) is 16.0. The van der Waals surface area contributed by atoms with Crippen LogP contribution in [0.25, 0.3) is 0 Å². The first kappa shape index (κ1) is 23.3. The van der Waals surface area contributed by atoms with Crippen LogP contribution in [0.2, 0.25) is 0 Å². The van der Waals surface area contributed by atoms with Gasteiger partial charge in [0.25, 0.3) is 0 Å². The summed E-state index contributed by atoms with van der Waals surface area (Å²) in [5.74, 6) is -0.0190. The summed E-state index contributed by atoms with van der Waals surface area (Å²) in [6.45, 7) is 13.9. The zero-order valence-corrected chi connectivity index (χ0v) is 16.0. The van der Waals surface area contributed by atoms with Crippen molar-refractivity contribution in [3.8, 4) is 0 Å². The van der Waals surface area contributed by atoms with E-state index in [2.05, 4.69) is 33.0 Å². The van der Waals surface area contributed by atoms with Crippen molar-refractivity contribution in [2.45, 2.75) is 47.0 Å². The Morgan fingerprint density at radius 2 is 1.33 bits per heavy atom. The number of rotatable bonds is 16. The van der Waals surface area contributed by atoms with Crippen LogP contribution >= 0.6 is 0 Å². The highest BCUT2D eigenvalue weighted by atomic mass is 16.5. The van der Waals surface area contributed by atoms with Crippen molar-refractivity contribution in [1.82, 2.24) is 5.32 Å². The first-order chi connectivity index (χ1) is 11.5. The van der Waals surface area contributed by atoms with Crippen LogP contribution in [0.1, 0.15) is 47.0 Å². The lowest BCUT2D eigenvalue weighted by Crippen LogP contribution is -2.28. The highest BCUT2D eigenvalue weighted by Gasteiger charge is 2.09. The third kappa shape index (κ3) is 19.4. The molecule has 1 N–H and O–H groups in total. The van der Waals surface area contributed by atoms with E-state index in [0.717, 1.165) is 26.1 Å². The fourth-order valence-corrected chi connectivity index (χ4v) is 1.68. The minimum absolute atomic E-state index is 0.0190. The normalized spacial score (nSPS) is 11.7. The van der Waals surface area contributed by atoms with Crippen molar-refractivity contribution < 1.29 is 23.7 Å². The van der Waals surface area contributed by atoms with Crippen molar-refractivity contribution in [2.75, 3.05) is 59.4 Å². The Morgan fingerprint density at radius 3 is 1.92 bits per heavy atom. The minimum Gasteiger partial charge on any atom is -0.379 e. The molecule has 0 saturated carbocycles. The molecule has 0 bridgehead atoms. The van der Waals surface area contributed by atoms with Crippen LogP contribution in [-0.4, -0.2) is 65.3 Å². The number of hydrogen-bond acceptors (Lipinski definition) is 5. The highest BCUT2D eigenvalue weighted by molar-refractivity contribution is 5.75. The summed E-state index contributed by atoms with van der Waals surface area (Å²) in [5, 5.41) is 2.80. The van der Waals surface area contributed by atoms with E-state index in [0.29, 0.717) is 58.0 Å². The highest BCUT2D eigenvalue weighted by Crippen LogP contribution is 2.17. The summed E-state index contributed by atoms with van der Waals surface area (Å²) < 4.78 is 21.5. The SMILES string of the molecule is CCCOCCOCCNC(=O)CCOCCOCCC(C)(C)C. The lowest BCUT2D eigenvalue weighted by Gasteiger charge is -2.17. The molecule has 0 spiro atoms. The van der Waals surface area contributed by atoms with Crippen LogP contribution in [-0.2, 0) is 23.7 Å². The standard InChI is InChI=1S/C18H37NO5/c1-5-9-21-13-16-24-12-8-19-17(20)6-10-22-14-15-23-11-7-18(2,3)4/h5-16H2,1-4H3,(H,19,20). The zero-order chi connectivity index (χ0) is 18.1. The van der Waals surface area contributed by atoms with E-state index in [4.69, 9.17) is 18.9 Å². The van der Waals surface area contributed by atoms with Crippen LogP contribution in [0.3, 0.4) is 0 Å². The van der Waals surface area contributed by atoms with E-state index in [-0.39, 0.29) is 5.91 Å². The Bertz CT molecular complexity index is 292. The summed E-state index contributed by atoms with van der Waals surface area (Å²) in [5.41, 5.74) is 0.297. The average Bonchev–Trinajstić information content (AvgIpc) is 2.51. The van der Waals surface area contributed by atoms with E-state index >= 15 is 0 Å². The number of amides is 1. The number of ether oxygens (including phenoxy) is 4. The van der Waals surface area contributed by atoms with E-state index in [1.165, 1.54) is 0 Å². The second-order valence-corrected chi connectivity index (χ2v) is 6.86. The number of carbonyl (C=O) groups is 1. The summed E-state index contributed by atoms with van der Waals surface area (Å²) in [4.78, 5) is 11.6. The Hall–Kier alpha value is -0.690. The Balaban J connectivity index is 3.21. The van der Waals surface area contributed by atoms with Crippen molar-refractivity contribution in [1.29, 1.82) is 0 Å². The summed E-state index contributed by atoms with van der Waals surface area (Å²) >= 11 is 0. The van der Waals surface area contributed by atoms with E-state index < -0.39 is 0 Å². The van der Waals surface area contributed by atoms with Crippen molar-refractivity contribution in [3.05, 3.63) is 0 Å². The molecule has 0 saturated heterocycles. The number of carbonyl (C=O) groups excluding carboxylic acids is 1. The Kier molecular flexibility index (Phi) is 15.4. The first-order valence-electron chi connectivity index (χ1n) is 9.03. The molecule has 0 rings (SSSR count). The van der Waals surface area contributed by atoms with Gasteiger partial charge in [-0.1, -0.05) is 27.7 Å². The molecule has 6 heteroatoms. The smallest absolute Gasteiger partial charge is 0.222 e. The van der Waals surface area contributed by atoms with Crippen LogP contribution < -0.4 is 5.32 Å². The van der Waals surface area contributed by atoms with Gasteiger partial charge in [0, 0.05) is 26.2 Å². The lowest BCUT2D eigenvalue weighted by molar-refractivity contribution is -0.122. The van der Waals surface area contributed by atoms with Gasteiger partial charge < -0.3 is 24.3 Å². The maximum atomic E-state index is 11.6. The van der Waals surface area contributed by atoms with E-state index in [1.807, 2.05) is 0 Å². The predicted molar refractivity (Wildman–Crippen MR) is 95.3 cm³/mol. The maximum Gasteiger partial charge on any atom is 0.222 e. The molecule has 0 radical (unpaired) electrons. The van der Waals surface area contributed by atoms with Gasteiger partial charge in [0.15, 0.2) is 0 Å². The third-order valence-corrected chi connectivity index (χ3v) is 3.13. The number of nitrogens with one attached hydrogen (secondary N) is 1. The molecule has 144 valence electrons. The molecule has 0 aromatic carbocycles. The second kappa shape index (κ2) is 15.8. The molecule has 6 nitrogen and oxygen atoms in total. The molecule has 0 heterocycles. The van der Waals surface area contributed by atoms with Crippen LogP contribution in [0.5, 0.6) is 0 Å². The molecule has 0 aliphatic heterocycles. The number of hydrogen-bond donors (Lipinski definition) is 1. The molecule has 0 fully saturated rings. The van der Waals surface area contributed by atoms with Crippen molar-refractivity contribution >= 4 is 5.91 Å². The fourth-order valence-electron chi connectivity index (χ4n) is 1.68. The quantitative estimate of drug-likeness (QED) is 0.434. The molecule has 0 atom stereocenters. The van der Waals surface area contributed by atoms with Gasteiger partial charge in [0.05, 0.1) is 39.6 Å². The monoisotopic (exact) mass is 347 g/mol. The van der Waals surface area contributed by atoms with Crippen molar-refractivity contribution in [2.24, 2.45) is 5.41 Å². The minimum atomic E-state index is -0.0190. The van der Waals surface area contributed by atoms with Crippen LogP contribution in [0.4, 0.5) is 0 Å². The van der Waals surface area contributed by atoms with E-state index in [1.54, 1.807) is 0 Å². The molecular formula is C18H37NO5. The summed E-state index contributed by atoms with van der Waals surface area (Å²) in [6.07, 6.45) is 2.41. The molecule has 0 aromatic heterocycles. The first-order valence-corrected chi connectivity index (χ1v) is 9.03. The molecule has 0 aliphatic carbocycles. The van der Waals surface area contributed by atoms with Gasteiger partial charge in [0.1, 0.15) is 0 Å². The molecule has 0 aromatic rings. The molecule has 1 amide bonds. The van der Waals surface area contributed by atoms with Crippen molar-refractivity contribution in [3.63, 3.8) is 0 Å². The van der Waals surface area contributed by atoms with Gasteiger partial charge in [-0.3, -0.25) is 4.79 Å². The maximum absolute atomic E-state index is 11.6. The van der Waals surface area contributed by atoms with Gasteiger partial charge in [-0.05, 0) is 18.3 Å². The molecule has 24 heavy (non-hydrogen) atoms. The lowest BCUT2D eigenvalue weighted by atomic mass is 9.93. The van der Waals surface area contributed by atoms with Gasteiger partial charge in [-0.2, -0.15) is 0 Å². The third-order valence-electron chi connectivity index (χ3n) is 3.13. The summed E-state index contributed by atoms with van der Waals surface area (Å²) in [6, 6.07) is 0. The predicted octanol–water partition coefficient (Wildman–Crippen LogP) is 2.41. The van der Waals surface area contributed by atoms with Gasteiger partial charge in [-0.25, -0.2) is 0 Å². The largest absolute Gasteiger partial charge is 0.379 e. The average molecular weight is 347 g/mol. The van der Waals surface area contributed by atoms with Gasteiger partial charge in [-0.15, -0.1) is 0 Å². The molecular weight excluding hydrogens is 310 g/mol. The van der Waals surface area contributed by atoms with Crippen LogP contribution in [0.15, 0.2) is 0 Å². The van der Waals surface area contributed by atoms with Gasteiger partial charge in [0.2, 0.25) is 5.91 Å². The molecule has 0 unspecified atom stereocenters. The fraction of sp³-hybridized carbons (Fsp3) is 0.944. The topological polar surface area (TPSA) is 66.0 Å². The van der Waals surface area contributed by atoms with E-state index in [9.17, 15) is 4.79 Å². The second-order valence-electron chi connectivity index (χ2n) is 6.86. The van der Waals surface area contributed by atoms with Gasteiger partial charge >= 0.3 is 0 Å². The Morgan fingerprint density at radius 1 is 0.792 bits per heavy atom. The van der Waals surface area contributed by atoms with Crippen LogP contribution in [0, 0.1) is 5.41 Å². The summed E-state index contributed by atoms with van der Waals surface area (Å²) in [7, 11) is 0.